The number of nitrogens with one attached hydrogen (secondary N) is 1. The van der Waals surface area contributed by atoms with Crippen molar-refractivity contribution in [1.82, 2.24) is 15.1 Å². The highest BCUT2D eigenvalue weighted by atomic mass is 35.5. The standard InChI is InChI=1S/C16H27N3O.2ClH/c1-14-12-15(4-5-16(14)20-3)13-18(2)10-11-19-8-6-17-7-9-19;;/h4-5,12,17H,6-11,13H2,1-3H3;2*1H. The first-order chi connectivity index (χ1) is 9.69. The van der Waals surface area contributed by atoms with Gasteiger partial charge in [0, 0.05) is 45.8 Å². The molecule has 1 aliphatic heterocycles. The molecule has 1 N–H and O–H groups in total. The summed E-state index contributed by atoms with van der Waals surface area (Å²) in [6.07, 6.45) is 0. The summed E-state index contributed by atoms with van der Waals surface area (Å²) in [5.41, 5.74) is 2.56. The van der Waals surface area contributed by atoms with E-state index in [1.807, 2.05) is 0 Å². The second kappa shape index (κ2) is 11.1. The molecule has 1 heterocycles. The molecule has 0 amide bonds. The Balaban J connectivity index is 0.00000220. The molecule has 4 nitrogen and oxygen atoms in total. The smallest absolute Gasteiger partial charge is 0.121 e. The van der Waals surface area contributed by atoms with Crippen molar-refractivity contribution >= 4 is 24.8 Å². The number of aryl methyl sites for hydroxylation is 1. The van der Waals surface area contributed by atoms with Gasteiger partial charge < -0.3 is 15.0 Å². The fourth-order valence-electron chi connectivity index (χ4n) is 2.68. The second-order valence-electron chi connectivity index (χ2n) is 5.63. The molecule has 1 saturated heterocycles. The number of benzene rings is 1. The Labute approximate surface area is 147 Å². The molecule has 0 bridgehead atoms. The number of methoxy groups -OCH3 is 1. The molecule has 0 saturated carbocycles. The van der Waals surface area contributed by atoms with Gasteiger partial charge in [0.05, 0.1) is 7.11 Å². The molecule has 0 atom stereocenters. The van der Waals surface area contributed by atoms with E-state index in [9.17, 15) is 0 Å². The van der Waals surface area contributed by atoms with Crippen LogP contribution in [0.15, 0.2) is 18.2 Å². The Bertz CT molecular complexity index is 426. The number of likely N-dealkylation sites (N-methyl/N-ethyl adjacent to an activating group) is 1. The van der Waals surface area contributed by atoms with Gasteiger partial charge in [-0.2, -0.15) is 0 Å². The van der Waals surface area contributed by atoms with Gasteiger partial charge in [0.25, 0.3) is 0 Å². The van der Waals surface area contributed by atoms with E-state index in [0.717, 1.165) is 38.5 Å². The van der Waals surface area contributed by atoms with Gasteiger partial charge in [-0.3, -0.25) is 4.90 Å². The van der Waals surface area contributed by atoms with Crippen LogP contribution in [-0.4, -0.2) is 63.2 Å². The van der Waals surface area contributed by atoms with Crippen LogP contribution in [-0.2, 0) is 6.54 Å². The van der Waals surface area contributed by atoms with Crippen molar-refractivity contribution in [3.8, 4) is 5.75 Å². The Hall–Kier alpha value is -0.520. The van der Waals surface area contributed by atoms with Crippen LogP contribution in [0.1, 0.15) is 11.1 Å². The molecule has 1 fully saturated rings. The summed E-state index contributed by atoms with van der Waals surface area (Å²) in [5.74, 6) is 0.970. The van der Waals surface area contributed by atoms with E-state index in [-0.39, 0.29) is 24.8 Å². The molecule has 128 valence electrons. The first-order valence-corrected chi connectivity index (χ1v) is 7.44. The van der Waals surface area contributed by atoms with Crippen LogP contribution < -0.4 is 10.1 Å². The Morgan fingerprint density at radius 1 is 1.23 bits per heavy atom. The maximum Gasteiger partial charge on any atom is 0.121 e. The van der Waals surface area contributed by atoms with E-state index in [2.05, 4.69) is 47.3 Å². The van der Waals surface area contributed by atoms with Crippen LogP contribution in [0, 0.1) is 6.92 Å². The minimum absolute atomic E-state index is 0. The molecule has 2 rings (SSSR count). The summed E-state index contributed by atoms with van der Waals surface area (Å²) < 4.78 is 5.31. The molecule has 6 heteroatoms. The molecule has 22 heavy (non-hydrogen) atoms. The van der Waals surface area contributed by atoms with Crippen LogP contribution >= 0.6 is 24.8 Å². The normalized spacial score (nSPS) is 15.1. The predicted octanol–water partition coefficient (Wildman–Crippen LogP) is 2.18. The molecule has 1 aromatic rings. The van der Waals surface area contributed by atoms with Crippen LogP contribution in [0.4, 0.5) is 0 Å². The van der Waals surface area contributed by atoms with Gasteiger partial charge >= 0.3 is 0 Å². The van der Waals surface area contributed by atoms with Crippen molar-refractivity contribution in [3.63, 3.8) is 0 Å². The van der Waals surface area contributed by atoms with E-state index in [0.29, 0.717) is 0 Å². The highest BCUT2D eigenvalue weighted by Crippen LogP contribution is 2.19. The molecule has 0 aliphatic carbocycles. The number of halogens is 2. The van der Waals surface area contributed by atoms with Crippen molar-refractivity contribution in [2.45, 2.75) is 13.5 Å². The largest absolute Gasteiger partial charge is 0.496 e. The first-order valence-electron chi connectivity index (χ1n) is 7.44. The van der Waals surface area contributed by atoms with E-state index in [1.165, 1.54) is 24.2 Å². The van der Waals surface area contributed by atoms with E-state index >= 15 is 0 Å². The van der Waals surface area contributed by atoms with Crippen molar-refractivity contribution in [2.24, 2.45) is 0 Å². The number of hydrogen-bond acceptors (Lipinski definition) is 4. The lowest BCUT2D eigenvalue weighted by molar-refractivity contribution is 0.202. The Morgan fingerprint density at radius 2 is 1.91 bits per heavy atom. The fraction of sp³-hybridized carbons (Fsp3) is 0.625. The number of rotatable bonds is 6. The molecular formula is C16H29Cl2N3O. The lowest BCUT2D eigenvalue weighted by Crippen LogP contribution is -2.45. The van der Waals surface area contributed by atoms with Gasteiger partial charge in [0.2, 0.25) is 0 Å². The summed E-state index contributed by atoms with van der Waals surface area (Å²) in [6.45, 7) is 9.98. The summed E-state index contributed by atoms with van der Waals surface area (Å²) in [5, 5.41) is 3.39. The van der Waals surface area contributed by atoms with Gasteiger partial charge in [0.15, 0.2) is 0 Å². The average Bonchev–Trinajstić information content (AvgIpc) is 2.46. The highest BCUT2D eigenvalue weighted by molar-refractivity contribution is 5.85. The Kier molecular flexibility index (Phi) is 10.8. The number of hydrogen-bond donors (Lipinski definition) is 1. The van der Waals surface area contributed by atoms with Gasteiger partial charge in [-0.25, -0.2) is 0 Å². The van der Waals surface area contributed by atoms with E-state index in [1.54, 1.807) is 7.11 Å². The number of nitrogens with zero attached hydrogens (tertiary/aromatic N) is 2. The topological polar surface area (TPSA) is 27.7 Å². The quantitative estimate of drug-likeness (QED) is 0.851. The molecule has 0 unspecified atom stereocenters. The second-order valence-corrected chi connectivity index (χ2v) is 5.63. The highest BCUT2D eigenvalue weighted by Gasteiger charge is 2.10. The van der Waals surface area contributed by atoms with Crippen LogP contribution in [0.25, 0.3) is 0 Å². The molecule has 0 radical (unpaired) electrons. The number of ether oxygens (including phenoxy) is 1. The van der Waals surface area contributed by atoms with Crippen molar-refractivity contribution < 1.29 is 4.74 Å². The van der Waals surface area contributed by atoms with Gasteiger partial charge in [-0.1, -0.05) is 12.1 Å². The lowest BCUT2D eigenvalue weighted by Gasteiger charge is -2.29. The first kappa shape index (κ1) is 21.5. The lowest BCUT2D eigenvalue weighted by atomic mass is 10.1. The van der Waals surface area contributed by atoms with E-state index in [4.69, 9.17) is 4.74 Å². The summed E-state index contributed by atoms with van der Waals surface area (Å²) >= 11 is 0. The molecule has 0 spiro atoms. The monoisotopic (exact) mass is 349 g/mol. The van der Waals surface area contributed by atoms with Crippen LogP contribution in [0.3, 0.4) is 0 Å². The van der Waals surface area contributed by atoms with Crippen molar-refractivity contribution in [3.05, 3.63) is 29.3 Å². The molecular weight excluding hydrogens is 321 g/mol. The van der Waals surface area contributed by atoms with Crippen LogP contribution in [0.5, 0.6) is 5.75 Å². The van der Waals surface area contributed by atoms with Crippen molar-refractivity contribution in [2.75, 3.05) is 53.4 Å². The average molecular weight is 350 g/mol. The number of piperazine rings is 1. The minimum atomic E-state index is 0. The van der Waals surface area contributed by atoms with Crippen molar-refractivity contribution in [1.29, 1.82) is 0 Å². The SMILES string of the molecule is COc1ccc(CN(C)CCN2CCNCC2)cc1C.Cl.Cl. The third-order valence-electron chi connectivity index (χ3n) is 3.92. The third kappa shape index (κ3) is 6.71. The predicted molar refractivity (Wildman–Crippen MR) is 97.9 cm³/mol. The van der Waals surface area contributed by atoms with Gasteiger partial charge in [0.1, 0.15) is 5.75 Å². The molecule has 1 aromatic carbocycles. The summed E-state index contributed by atoms with van der Waals surface area (Å²) in [6, 6.07) is 6.45. The zero-order chi connectivity index (χ0) is 14.4. The van der Waals surface area contributed by atoms with Gasteiger partial charge in [-0.05, 0) is 31.2 Å². The minimum Gasteiger partial charge on any atom is -0.496 e. The maximum atomic E-state index is 5.31. The molecule has 1 aliphatic rings. The third-order valence-corrected chi connectivity index (χ3v) is 3.92. The van der Waals surface area contributed by atoms with E-state index < -0.39 is 0 Å². The Morgan fingerprint density at radius 3 is 2.50 bits per heavy atom. The zero-order valence-electron chi connectivity index (χ0n) is 13.8. The molecule has 0 aromatic heterocycles. The summed E-state index contributed by atoms with van der Waals surface area (Å²) in [7, 11) is 3.92. The van der Waals surface area contributed by atoms with Gasteiger partial charge in [-0.15, -0.1) is 24.8 Å². The maximum absolute atomic E-state index is 5.31. The zero-order valence-corrected chi connectivity index (χ0v) is 15.4. The summed E-state index contributed by atoms with van der Waals surface area (Å²) in [4.78, 5) is 4.93. The van der Waals surface area contributed by atoms with Crippen LogP contribution in [0.2, 0.25) is 0 Å². The fourth-order valence-corrected chi connectivity index (χ4v) is 2.68.